The van der Waals surface area contributed by atoms with Crippen molar-refractivity contribution in [3.05, 3.63) is 53.6 Å². The fraction of sp³-hybridized carbons (Fsp3) is 0.476. The van der Waals surface area contributed by atoms with E-state index in [-0.39, 0.29) is 43.4 Å². The Hall–Kier alpha value is -2.74. The second kappa shape index (κ2) is 9.17. The molecule has 1 atom stereocenters. The minimum absolute atomic E-state index is 0.00341. The number of carbonyl (C=O) groups is 2. The van der Waals surface area contributed by atoms with Crippen molar-refractivity contribution in [2.24, 2.45) is 13.0 Å². The van der Waals surface area contributed by atoms with Gasteiger partial charge >= 0.3 is 0 Å². The van der Waals surface area contributed by atoms with E-state index >= 15 is 0 Å². The Kier molecular flexibility index (Phi) is 6.64. The van der Waals surface area contributed by atoms with Gasteiger partial charge in [-0.05, 0) is 29.7 Å². The van der Waals surface area contributed by atoms with Crippen LogP contribution in [0, 0.1) is 11.7 Å². The van der Waals surface area contributed by atoms with Gasteiger partial charge in [-0.15, -0.1) is 0 Å². The van der Waals surface area contributed by atoms with E-state index in [1.807, 2.05) is 13.8 Å². The molecule has 0 spiro atoms. The number of amides is 2. The largest absolute Gasteiger partial charge is 0.370 e. The number of ether oxygens (including phenoxy) is 1. The van der Waals surface area contributed by atoms with Crippen LogP contribution in [0.15, 0.2) is 36.5 Å². The molecule has 29 heavy (non-hydrogen) atoms. The van der Waals surface area contributed by atoms with Crippen LogP contribution in [0.3, 0.4) is 0 Å². The number of hydrogen-bond acceptors (Lipinski definition) is 4. The predicted molar refractivity (Wildman–Crippen MR) is 106 cm³/mol. The maximum atomic E-state index is 13.4. The molecular formula is C21H27FN4O3. The molecular weight excluding hydrogens is 375 g/mol. The van der Waals surface area contributed by atoms with Crippen LogP contribution in [-0.2, 0) is 23.2 Å². The predicted octanol–water partition coefficient (Wildman–Crippen LogP) is 2.08. The van der Waals surface area contributed by atoms with Gasteiger partial charge in [0.2, 0.25) is 5.91 Å². The standard InChI is InChI=1S/C21H27FN4O3/c1-15(2)10-25-11-18(29-14-16-5-4-6-17(22)9-16)12-26(13-20(25)27)21(28)19-7-8-23-24(19)3/h4-9,15,18H,10-14H2,1-3H3. The zero-order valence-electron chi connectivity index (χ0n) is 17.0. The lowest BCUT2D eigenvalue weighted by atomic mass is 10.2. The summed E-state index contributed by atoms with van der Waals surface area (Å²) >= 11 is 0. The molecule has 1 aromatic carbocycles. The Morgan fingerprint density at radius 1 is 1.31 bits per heavy atom. The van der Waals surface area contributed by atoms with Gasteiger partial charge in [-0.3, -0.25) is 14.3 Å². The molecule has 0 radical (unpaired) electrons. The molecule has 3 rings (SSSR count). The van der Waals surface area contributed by atoms with Crippen molar-refractivity contribution in [2.45, 2.75) is 26.6 Å². The first-order chi connectivity index (χ1) is 13.8. The molecule has 156 valence electrons. The van der Waals surface area contributed by atoms with Crippen molar-refractivity contribution in [2.75, 3.05) is 26.2 Å². The monoisotopic (exact) mass is 402 g/mol. The van der Waals surface area contributed by atoms with Gasteiger partial charge in [0.25, 0.3) is 5.91 Å². The first kappa shape index (κ1) is 21.0. The Morgan fingerprint density at radius 2 is 2.10 bits per heavy atom. The van der Waals surface area contributed by atoms with Crippen molar-refractivity contribution in [3.63, 3.8) is 0 Å². The Morgan fingerprint density at radius 3 is 2.76 bits per heavy atom. The average molecular weight is 402 g/mol. The third-order valence-electron chi connectivity index (χ3n) is 4.81. The zero-order chi connectivity index (χ0) is 21.0. The number of hydrogen-bond donors (Lipinski definition) is 0. The van der Waals surface area contributed by atoms with Crippen molar-refractivity contribution >= 4 is 11.8 Å². The third-order valence-corrected chi connectivity index (χ3v) is 4.81. The van der Waals surface area contributed by atoms with Crippen molar-refractivity contribution < 1.29 is 18.7 Å². The molecule has 8 heteroatoms. The molecule has 1 unspecified atom stereocenters. The van der Waals surface area contributed by atoms with E-state index in [1.165, 1.54) is 21.7 Å². The number of aromatic nitrogens is 2. The van der Waals surface area contributed by atoms with E-state index in [0.717, 1.165) is 0 Å². The smallest absolute Gasteiger partial charge is 0.272 e. The molecule has 7 nitrogen and oxygen atoms in total. The van der Waals surface area contributed by atoms with Crippen LogP contribution in [0.1, 0.15) is 29.9 Å². The van der Waals surface area contributed by atoms with Gasteiger partial charge in [0, 0.05) is 32.9 Å². The SMILES string of the molecule is CC(C)CN1CC(OCc2cccc(F)c2)CN(C(=O)c2ccnn2C)CC1=O. The lowest BCUT2D eigenvalue weighted by Gasteiger charge is -2.26. The average Bonchev–Trinajstić information content (AvgIpc) is 3.02. The summed E-state index contributed by atoms with van der Waals surface area (Å²) < 4.78 is 21.0. The van der Waals surface area contributed by atoms with E-state index in [2.05, 4.69) is 5.10 Å². The van der Waals surface area contributed by atoms with Crippen LogP contribution in [0.4, 0.5) is 4.39 Å². The van der Waals surface area contributed by atoms with Gasteiger partial charge < -0.3 is 14.5 Å². The molecule has 1 aliphatic rings. The Bertz CT molecular complexity index is 867. The number of carbonyl (C=O) groups excluding carboxylic acids is 2. The summed E-state index contributed by atoms with van der Waals surface area (Å²) in [5, 5.41) is 4.04. The molecule has 0 saturated carbocycles. The number of benzene rings is 1. The van der Waals surface area contributed by atoms with Crippen LogP contribution in [0.2, 0.25) is 0 Å². The molecule has 0 bridgehead atoms. The molecule has 2 aromatic rings. The Balaban J connectivity index is 1.77. The van der Waals surface area contributed by atoms with E-state index in [9.17, 15) is 14.0 Å². The van der Waals surface area contributed by atoms with Crippen molar-refractivity contribution in [3.8, 4) is 0 Å². The molecule has 2 amide bonds. The van der Waals surface area contributed by atoms with Gasteiger partial charge in [-0.2, -0.15) is 5.10 Å². The van der Waals surface area contributed by atoms with Crippen LogP contribution >= 0.6 is 0 Å². The summed E-state index contributed by atoms with van der Waals surface area (Å²) in [5.41, 5.74) is 1.12. The molecule has 1 saturated heterocycles. The second-order valence-electron chi connectivity index (χ2n) is 7.78. The maximum absolute atomic E-state index is 13.4. The molecule has 1 aliphatic heterocycles. The minimum atomic E-state index is -0.374. The van der Waals surface area contributed by atoms with Gasteiger partial charge in [0.15, 0.2) is 0 Å². The molecule has 0 N–H and O–H groups in total. The van der Waals surface area contributed by atoms with Gasteiger partial charge in [0.05, 0.1) is 12.7 Å². The number of rotatable bonds is 6. The highest BCUT2D eigenvalue weighted by molar-refractivity contribution is 5.95. The fourth-order valence-corrected chi connectivity index (χ4v) is 3.44. The summed E-state index contributed by atoms with van der Waals surface area (Å²) in [6.45, 7) is 5.54. The highest BCUT2D eigenvalue weighted by Gasteiger charge is 2.32. The van der Waals surface area contributed by atoms with Crippen LogP contribution in [0.5, 0.6) is 0 Å². The summed E-state index contributed by atoms with van der Waals surface area (Å²) in [4.78, 5) is 29.0. The van der Waals surface area contributed by atoms with Gasteiger partial charge in [-0.1, -0.05) is 26.0 Å². The lowest BCUT2D eigenvalue weighted by Crippen LogP contribution is -2.41. The topological polar surface area (TPSA) is 67.7 Å². The normalized spacial score (nSPS) is 17.7. The molecule has 2 heterocycles. The second-order valence-corrected chi connectivity index (χ2v) is 7.78. The van der Waals surface area contributed by atoms with E-state index in [0.29, 0.717) is 30.3 Å². The van der Waals surface area contributed by atoms with E-state index < -0.39 is 0 Å². The number of halogens is 1. The molecule has 0 aliphatic carbocycles. The number of aryl methyl sites for hydroxylation is 1. The third kappa shape index (κ3) is 5.41. The van der Waals surface area contributed by atoms with E-state index in [4.69, 9.17) is 4.74 Å². The first-order valence-electron chi connectivity index (χ1n) is 9.74. The minimum Gasteiger partial charge on any atom is -0.370 e. The summed E-state index contributed by atoms with van der Waals surface area (Å²) in [7, 11) is 1.69. The van der Waals surface area contributed by atoms with Crippen LogP contribution in [-0.4, -0.2) is 63.7 Å². The zero-order valence-corrected chi connectivity index (χ0v) is 17.0. The maximum Gasteiger partial charge on any atom is 0.272 e. The highest BCUT2D eigenvalue weighted by Crippen LogP contribution is 2.15. The van der Waals surface area contributed by atoms with Crippen LogP contribution < -0.4 is 0 Å². The summed E-state index contributed by atoms with van der Waals surface area (Å²) in [5.74, 6) is -0.395. The highest BCUT2D eigenvalue weighted by atomic mass is 19.1. The Labute approximate surface area is 170 Å². The first-order valence-corrected chi connectivity index (χ1v) is 9.74. The lowest BCUT2D eigenvalue weighted by molar-refractivity contribution is -0.132. The number of nitrogens with zero attached hydrogens (tertiary/aromatic N) is 4. The molecule has 1 fully saturated rings. The van der Waals surface area contributed by atoms with E-state index in [1.54, 1.807) is 36.3 Å². The fourth-order valence-electron chi connectivity index (χ4n) is 3.44. The summed E-state index contributed by atoms with van der Waals surface area (Å²) in [6.07, 6.45) is 1.18. The summed E-state index contributed by atoms with van der Waals surface area (Å²) in [6, 6.07) is 7.86. The van der Waals surface area contributed by atoms with Crippen molar-refractivity contribution in [1.29, 1.82) is 0 Å². The molecule has 1 aromatic heterocycles. The van der Waals surface area contributed by atoms with Gasteiger partial charge in [0.1, 0.15) is 18.1 Å². The van der Waals surface area contributed by atoms with Crippen molar-refractivity contribution in [1.82, 2.24) is 19.6 Å². The quantitative estimate of drug-likeness (QED) is 0.742. The van der Waals surface area contributed by atoms with Crippen LogP contribution in [0.25, 0.3) is 0 Å². The van der Waals surface area contributed by atoms with Gasteiger partial charge in [-0.25, -0.2) is 4.39 Å².